The molecular weight excluding hydrogens is 264 g/mol. The number of hydrogen-bond acceptors (Lipinski definition) is 4. The highest BCUT2D eigenvalue weighted by Gasteiger charge is 2.31. The van der Waals surface area contributed by atoms with Crippen molar-refractivity contribution in [3.05, 3.63) is 18.0 Å². The number of carbonyl (C=O) groups excluding carboxylic acids is 1. The molecular formula is C16H24N4O. The Bertz CT molecular complexity index is 499. The number of amides is 1. The van der Waals surface area contributed by atoms with Gasteiger partial charge in [0.25, 0.3) is 0 Å². The molecule has 1 aliphatic carbocycles. The summed E-state index contributed by atoms with van der Waals surface area (Å²) >= 11 is 0. The van der Waals surface area contributed by atoms with Crippen LogP contribution in [0.4, 0.5) is 5.95 Å². The average Bonchev–Trinajstić information content (AvgIpc) is 2.96. The Morgan fingerprint density at radius 3 is 2.86 bits per heavy atom. The molecule has 5 heteroatoms. The Morgan fingerprint density at radius 2 is 2.10 bits per heavy atom. The third-order valence-electron chi connectivity index (χ3n) is 4.58. The zero-order valence-corrected chi connectivity index (χ0v) is 12.7. The number of carbonyl (C=O) groups is 1. The molecule has 1 saturated carbocycles. The van der Waals surface area contributed by atoms with Gasteiger partial charge in [-0.05, 0) is 32.3 Å². The van der Waals surface area contributed by atoms with Gasteiger partial charge in [0.15, 0.2) is 0 Å². The summed E-state index contributed by atoms with van der Waals surface area (Å²) < 4.78 is 0. The molecule has 114 valence electrons. The van der Waals surface area contributed by atoms with E-state index >= 15 is 0 Å². The Balaban J connectivity index is 1.54. The van der Waals surface area contributed by atoms with Crippen LogP contribution in [0.15, 0.2) is 12.3 Å². The second-order valence-electron chi connectivity index (χ2n) is 6.27. The van der Waals surface area contributed by atoms with Gasteiger partial charge in [-0.2, -0.15) is 0 Å². The van der Waals surface area contributed by atoms with E-state index in [9.17, 15) is 4.79 Å². The van der Waals surface area contributed by atoms with Crippen LogP contribution in [0.2, 0.25) is 0 Å². The van der Waals surface area contributed by atoms with Gasteiger partial charge >= 0.3 is 0 Å². The molecule has 1 aliphatic heterocycles. The molecule has 1 saturated heterocycles. The third-order valence-corrected chi connectivity index (χ3v) is 4.58. The number of hydrogen-bond donors (Lipinski definition) is 1. The average molecular weight is 288 g/mol. The number of nitrogens with zero attached hydrogens (tertiary/aromatic N) is 3. The molecule has 2 fully saturated rings. The van der Waals surface area contributed by atoms with Crippen LogP contribution in [0.5, 0.6) is 0 Å². The van der Waals surface area contributed by atoms with Crippen molar-refractivity contribution in [3.8, 4) is 0 Å². The van der Waals surface area contributed by atoms with Gasteiger partial charge in [-0.1, -0.05) is 19.3 Å². The summed E-state index contributed by atoms with van der Waals surface area (Å²) in [5.41, 5.74) is 0.959. The molecule has 0 bridgehead atoms. The highest BCUT2D eigenvalue weighted by molar-refractivity contribution is 5.79. The molecule has 0 radical (unpaired) electrons. The van der Waals surface area contributed by atoms with E-state index in [1.807, 2.05) is 17.9 Å². The van der Waals surface area contributed by atoms with Crippen LogP contribution in [0.1, 0.15) is 44.2 Å². The number of rotatable bonds is 3. The molecule has 1 atom stereocenters. The van der Waals surface area contributed by atoms with E-state index in [1.165, 1.54) is 19.3 Å². The lowest BCUT2D eigenvalue weighted by molar-refractivity contribution is -0.135. The Labute approximate surface area is 126 Å². The van der Waals surface area contributed by atoms with Crippen LogP contribution in [0, 0.1) is 12.8 Å². The summed E-state index contributed by atoms with van der Waals surface area (Å²) in [7, 11) is 0. The van der Waals surface area contributed by atoms with Gasteiger partial charge in [0, 0.05) is 36.9 Å². The van der Waals surface area contributed by atoms with E-state index in [4.69, 9.17) is 0 Å². The smallest absolute Gasteiger partial charge is 0.225 e. The lowest BCUT2D eigenvalue weighted by Crippen LogP contribution is -2.37. The van der Waals surface area contributed by atoms with Gasteiger partial charge in [-0.3, -0.25) is 4.79 Å². The summed E-state index contributed by atoms with van der Waals surface area (Å²) in [6.45, 7) is 3.60. The molecule has 5 nitrogen and oxygen atoms in total. The van der Waals surface area contributed by atoms with Gasteiger partial charge in [0.05, 0.1) is 0 Å². The van der Waals surface area contributed by atoms with Crippen LogP contribution in [0.3, 0.4) is 0 Å². The van der Waals surface area contributed by atoms with E-state index < -0.39 is 0 Å². The van der Waals surface area contributed by atoms with E-state index in [1.54, 1.807) is 6.20 Å². The Morgan fingerprint density at radius 1 is 1.29 bits per heavy atom. The summed E-state index contributed by atoms with van der Waals surface area (Å²) in [4.78, 5) is 23.2. The van der Waals surface area contributed by atoms with Crippen molar-refractivity contribution >= 4 is 11.9 Å². The van der Waals surface area contributed by atoms with Crippen molar-refractivity contribution in [3.63, 3.8) is 0 Å². The van der Waals surface area contributed by atoms with Gasteiger partial charge in [0.2, 0.25) is 11.9 Å². The fraction of sp³-hybridized carbons (Fsp3) is 0.688. The van der Waals surface area contributed by atoms with Crippen molar-refractivity contribution in [1.29, 1.82) is 0 Å². The minimum absolute atomic E-state index is 0.271. The number of aryl methyl sites for hydroxylation is 1. The molecule has 1 N–H and O–H groups in total. The molecule has 2 heterocycles. The van der Waals surface area contributed by atoms with E-state index in [2.05, 4.69) is 15.3 Å². The standard InChI is InChI=1S/C16H24N4O/c1-12-7-9-17-16(18-12)19-14-8-10-20(11-14)15(21)13-5-3-2-4-6-13/h7,9,13-14H,2-6,8,10-11H2,1H3,(H,17,18,19)/t14-/m1/s1. The summed E-state index contributed by atoms with van der Waals surface area (Å²) in [6, 6.07) is 2.16. The molecule has 0 aromatic carbocycles. The molecule has 3 rings (SSSR count). The maximum atomic E-state index is 12.5. The van der Waals surface area contributed by atoms with Crippen molar-refractivity contribution in [2.45, 2.75) is 51.5 Å². The number of anilines is 1. The van der Waals surface area contributed by atoms with Crippen LogP contribution < -0.4 is 5.32 Å². The Kier molecular flexibility index (Phi) is 4.36. The van der Waals surface area contributed by atoms with Crippen LogP contribution >= 0.6 is 0 Å². The van der Waals surface area contributed by atoms with Crippen LogP contribution in [-0.4, -0.2) is 39.9 Å². The quantitative estimate of drug-likeness (QED) is 0.927. The second kappa shape index (κ2) is 6.41. The first-order chi connectivity index (χ1) is 10.2. The molecule has 2 aliphatic rings. The third kappa shape index (κ3) is 3.52. The topological polar surface area (TPSA) is 58.1 Å². The maximum Gasteiger partial charge on any atom is 0.225 e. The highest BCUT2D eigenvalue weighted by Crippen LogP contribution is 2.27. The van der Waals surface area contributed by atoms with Gasteiger partial charge in [0.1, 0.15) is 0 Å². The van der Waals surface area contributed by atoms with E-state index in [-0.39, 0.29) is 12.0 Å². The lowest BCUT2D eigenvalue weighted by Gasteiger charge is -2.26. The summed E-state index contributed by atoms with van der Waals surface area (Å²) in [5, 5.41) is 3.35. The van der Waals surface area contributed by atoms with Crippen molar-refractivity contribution < 1.29 is 4.79 Å². The zero-order chi connectivity index (χ0) is 14.7. The normalized spacial score (nSPS) is 23.3. The molecule has 0 unspecified atom stereocenters. The zero-order valence-electron chi connectivity index (χ0n) is 12.7. The van der Waals surface area contributed by atoms with E-state index in [0.29, 0.717) is 11.9 Å². The number of aromatic nitrogens is 2. The monoisotopic (exact) mass is 288 g/mol. The highest BCUT2D eigenvalue weighted by atomic mass is 16.2. The van der Waals surface area contributed by atoms with Crippen molar-refractivity contribution in [2.75, 3.05) is 18.4 Å². The minimum atomic E-state index is 0.271. The fourth-order valence-electron chi connectivity index (χ4n) is 3.39. The van der Waals surface area contributed by atoms with Gasteiger partial charge in [-0.15, -0.1) is 0 Å². The first-order valence-corrected chi connectivity index (χ1v) is 8.07. The Hall–Kier alpha value is -1.65. The number of nitrogens with one attached hydrogen (secondary N) is 1. The predicted octanol–water partition coefficient (Wildman–Crippen LogP) is 2.38. The van der Waals surface area contributed by atoms with Gasteiger partial charge in [-0.25, -0.2) is 9.97 Å². The molecule has 1 amide bonds. The predicted molar refractivity (Wildman–Crippen MR) is 82.0 cm³/mol. The van der Waals surface area contributed by atoms with Crippen molar-refractivity contribution in [2.24, 2.45) is 5.92 Å². The molecule has 21 heavy (non-hydrogen) atoms. The minimum Gasteiger partial charge on any atom is -0.350 e. The van der Waals surface area contributed by atoms with E-state index in [0.717, 1.165) is 38.0 Å². The summed E-state index contributed by atoms with van der Waals surface area (Å²) in [6.07, 6.45) is 8.62. The van der Waals surface area contributed by atoms with Gasteiger partial charge < -0.3 is 10.2 Å². The lowest BCUT2D eigenvalue weighted by atomic mass is 9.88. The fourth-order valence-corrected chi connectivity index (χ4v) is 3.39. The first-order valence-electron chi connectivity index (χ1n) is 8.07. The SMILES string of the molecule is Cc1ccnc(N[C@@H]2CCN(C(=O)C3CCCCC3)C2)n1. The number of likely N-dealkylation sites (tertiary alicyclic amines) is 1. The maximum absolute atomic E-state index is 12.5. The van der Waals surface area contributed by atoms with Crippen LogP contribution in [-0.2, 0) is 4.79 Å². The second-order valence-corrected chi connectivity index (χ2v) is 6.27. The molecule has 1 aromatic heterocycles. The molecule has 1 aromatic rings. The van der Waals surface area contributed by atoms with Crippen LogP contribution in [0.25, 0.3) is 0 Å². The molecule has 0 spiro atoms. The first kappa shape index (κ1) is 14.3. The summed E-state index contributed by atoms with van der Waals surface area (Å²) in [5.74, 6) is 1.31. The van der Waals surface area contributed by atoms with Crippen molar-refractivity contribution in [1.82, 2.24) is 14.9 Å². The largest absolute Gasteiger partial charge is 0.350 e.